The molecule has 0 fully saturated rings. The summed E-state index contributed by atoms with van der Waals surface area (Å²) in [6.45, 7) is 2.36. The molecule has 0 aliphatic carbocycles. The fourth-order valence-corrected chi connectivity index (χ4v) is 1.19. The van der Waals surface area contributed by atoms with E-state index >= 15 is 0 Å². The van der Waals surface area contributed by atoms with Gasteiger partial charge in [-0.1, -0.05) is 0 Å². The Labute approximate surface area is 81.5 Å². The molecule has 1 rings (SSSR count). The van der Waals surface area contributed by atoms with Crippen LogP contribution < -0.4 is 5.32 Å². The van der Waals surface area contributed by atoms with Crippen LogP contribution in [0.2, 0.25) is 0 Å². The largest absolute Gasteiger partial charge is 0.439 e. The summed E-state index contributed by atoms with van der Waals surface area (Å²) < 4.78 is 29.5. The number of hydrogen-bond acceptors (Lipinski definition) is 3. The quantitative estimate of drug-likeness (QED) is 0.746. The third-order valence-electron chi connectivity index (χ3n) is 1.89. The summed E-state index contributed by atoms with van der Waals surface area (Å²) in [4.78, 5) is 3.93. The minimum absolute atomic E-state index is 0.291. The van der Waals surface area contributed by atoms with Crippen molar-refractivity contribution in [2.24, 2.45) is 0 Å². The van der Waals surface area contributed by atoms with Gasteiger partial charge < -0.3 is 9.73 Å². The first-order valence-corrected chi connectivity index (χ1v) is 4.54. The third kappa shape index (κ3) is 2.77. The number of nitrogens with zero attached hydrogens (tertiary/aromatic N) is 1. The number of aryl methyl sites for hydroxylation is 2. The Morgan fingerprint density at radius 3 is 2.71 bits per heavy atom. The van der Waals surface area contributed by atoms with Gasteiger partial charge in [0.05, 0.1) is 5.69 Å². The van der Waals surface area contributed by atoms with Crippen LogP contribution in [0, 0.1) is 6.92 Å². The van der Waals surface area contributed by atoms with Gasteiger partial charge in [0.2, 0.25) is 0 Å². The van der Waals surface area contributed by atoms with E-state index < -0.39 is 6.43 Å². The Bertz CT molecular complexity index is 286. The summed E-state index contributed by atoms with van der Waals surface area (Å²) in [5.74, 6) is 0.0949. The lowest BCUT2D eigenvalue weighted by atomic mass is 10.3. The fraction of sp³-hybridized carbons (Fsp3) is 0.667. The summed E-state index contributed by atoms with van der Waals surface area (Å²) in [6.07, 6.45) is -1.14. The van der Waals surface area contributed by atoms with Crippen molar-refractivity contribution < 1.29 is 13.2 Å². The summed E-state index contributed by atoms with van der Waals surface area (Å²) in [6, 6.07) is 0. The molecular formula is C9H14F2N2O. The van der Waals surface area contributed by atoms with Crippen molar-refractivity contribution in [3.05, 3.63) is 17.3 Å². The van der Waals surface area contributed by atoms with Crippen molar-refractivity contribution in [1.82, 2.24) is 10.3 Å². The van der Waals surface area contributed by atoms with Crippen LogP contribution >= 0.6 is 0 Å². The van der Waals surface area contributed by atoms with Gasteiger partial charge in [-0.15, -0.1) is 0 Å². The molecule has 1 N–H and O–H groups in total. The standard InChI is InChI=1S/C9H14F2N2O/c1-6-8(9(10)11)14-7(13-6)4-3-5-12-2/h9,12H,3-5H2,1-2H3. The molecule has 14 heavy (non-hydrogen) atoms. The number of halogens is 2. The van der Waals surface area contributed by atoms with Crippen molar-refractivity contribution in [3.63, 3.8) is 0 Å². The van der Waals surface area contributed by atoms with E-state index in [1.807, 2.05) is 7.05 Å². The highest BCUT2D eigenvalue weighted by Gasteiger charge is 2.17. The Morgan fingerprint density at radius 2 is 2.21 bits per heavy atom. The number of rotatable bonds is 5. The first kappa shape index (κ1) is 11.1. The van der Waals surface area contributed by atoms with Gasteiger partial charge in [0.1, 0.15) is 0 Å². The molecule has 0 radical (unpaired) electrons. The summed E-state index contributed by atoms with van der Waals surface area (Å²) in [5, 5.41) is 2.96. The van der Waals surface area contributed by atoms with E-state index in [4.69, 9.17) is 4.42 Å². The van der Waals surface area contributed by atoms with E-state index in [1.165, 1.54) is 6.92 Å². The lowest BCUT2D eigenvalue weighted by Crippen LogP contribution is -2.08. The van der Waals surface area contributed by atoms with Crippen LogP contribution in [0.5, 0.6) is 0 Å². The van der Waals surface area contributed by atoms with E-state index in [0.29, 0.717) is 18.0 Å². The molecule has 0 saturated carbocycles. The molecule has 5 heteroatoms. The number of hydrogen-bond donors (Lipinski definition) is 1. The van der Waals surface area contributed by atoms with Gasteiger partial charge in [-0.2, -0.15) is 0 Å². The fourth-order valence-electron chi connectivity index (χ4n) is 1.19. The van der Waals surface area contributed by atoms with Crippen LogP contribution in [0.25, 0.3) is 0 Å². The molecule has 3 nitrogen and oxygen atoms in total. The molecule has 0 bridgehead atoms. The first-order valence-electron chi connectivity index (χ1n) is 4.54. The number of aromatic nitrogens is 1. The summed E-state index contributed by atoms with van der Waals surface area (Å²) in [5.41, 5.74) is 0.291. The molecule has 0 atom stereocenters. The molecule has 0 aromatic carbocycles. The van der Waals surface area contributed by atoms with Crippen LogP contribution in [0.4, 0.5) is 8.78 Å². The Hall–Kier alpha value is -0.970. The SMILES string of the molecule is CNCCCc1nc(C)c(C(F)F)o1. The maximum atomic E-state index is 12.3. The Balaban J connectivity index is 2.57. The number of oxazole rings is 1. The van der Waals surface area contributed by atoms with Crippen molar-refractivity contribution in [2.75, 3.05) is 13.6 Å². The molecular weight excluding hydrogens is 190 g/mol. The molecule has 80 valence electrons. The zero-order chi connectivity index (χ0) is 10.6. The molecule has 0 amide bonds. The topological polar surface area (TPSA) is 38.1 Å². The first-order chi connectivity index (χ1) is 6.65. The zero-order valence-electron chi connectivity index (χ0n) is 8.31. The molecule has 0 unspecified atom stereocenters. The number of alkyl halides is 2. The van der Waals surface area contributed by atoms with Crippen molar-refractivity contribution >= 4 is 0 Å². The average molecular weight is 204 g/mol. The van der Waals surface area contributed by atoms with E-state index in [-0.39, 0.29) is 5.76 Å². The van der Waals surface area contributed by atoms with Gasteiger partial charge in [-0.25, -0.2) is 13.8 Å². The van der Waals surface area contributed by atoms with Gasteiger partial charge in [0.15, 0.2) is 11.7 Å². The summed E-state index contributed by atoms with van der Waals surface area (Å²) >= 11 is 0. The van der Waals surface area contributed by atoms with E-state index in [9.17, 15) is 8.78 Å². The maximum absolute atomic E-state index is 12.3. The number of nitrogens with one attached hydrogen (secondary N) is 1. The molecule has 0 aliphatic heterocycles. The van der Waals surface area contributed by atoms with Crippen molar-refractivity contribution in [2.45, 2.75) is 26.2 Å². The van der Waals surface area contributed by atoms with E-state index in [2.05, 4.69) is 10.3 Å². The molecule has 0 aliphatic rings. The molecule has 1 aromatic rings. The predicted octanol–water partition coefficient (Wildman–Crippen LogP) is 2.07. The lowest BCUT2D eigenvalue weighted by molar-refractivity contribution is 0.119. The molecule has 1 heterocycles. The van der Waals surface area contributed by atoms with Crippen LogP contribution in [-0.4, -0.2) is 18.6 Å². The summed E-state index contributed by atoms with van der Waals surface area (Å²) in [7, 11) is 1.84. The third-order valence-corrected chi connectivity index (χ3v) is 1.89. The highest BCUT2D eigenvalue weighted by atomic mass is 19.3. The van der Waals surface area contributed by atoms with Crippen molar-refractivity contribution in [1.29, 1.82) is 0 Å². The lowest BCUT2D eigenvalue weighted by Gasteiger charge is -1.95. The molecule has 0 spiro atoms. The Kier molecular flexibility index (Phi) is 4.00. The van der Waals surface area contributed by atoms with Crippen LogP contribution in [0.15, 0.2) is 4.42 Å². The normalized spacial score (nSPS) is 11.2. The molecule has 0 saturated heterocycles. The van der Waals surface area contributed by atoms with Crippen LogP contribution in [0.1, 0.15) is 30.2 Å². The van der Waals surface area contributed by atoms with Gasteiger partial charge in [-0.05, 0) is 26.9 Å². The van der Waals surface area contributed by atoms with Crippen molar-refractivity contribution in [3.8, 4) is 0 Å². The zero-order valence-corrected chi connectivity index (χ0v) is 8.31. The van der Waals surface area contributed by atoms with Crippen LogP contribution in [-0.2, 0) is 6.42 Å². The second-order valence-electron chi connectivity index (χ2n) is 3.07. The van der Waals surface area contributed by atoms with Crippen LogP contribution in [0.3, 0.4) is 0 Å². The second-order valence-corrected chi connectivity index (χ2v) is 3.07. The van der Waals surface area contributed by atoms with E-state index in [1.54, 1.807) is 0 Å². The van der Waals surface area contributed by atoms with Gasteiger partial charge >= 0.3 is 0 Å². The Morgan fingerprint density at radius 1 is 1.50 bits per heavy atom. The van der Waals surface area contributed by atoms with Gasteiger partial charge in [-0.3, -0.25) is 0 Å². The average Bonchev–Trinajstić information content (AvgIpc) is 2.47. The monoisotopic (exact) mass is 204 g/mol. The minimum atomic E-state index is -2.57. The van der Waals surface area contributed by atoms with Gasteiger partial charge in [0.25, 0.3) is 6.43 Å². The van der Waals surface area contributed by atoms with E-state index in [0.717, 1.165) is 13.0 Å². The highest BCUT2D eigenvalue weighted by Crippen LogP contribution is 2.23. The van der Waals surface area contributed by atoms with Gasteiger partial charge in [0, 0.05) is 6.42 Å². The second kappa shape index (κ2) is 5.05. The molecule has 1 aromatic heterocycles. The smallest absolute Gasteiger partial charge is 0.297 e. The maximum Gasteiger partial charge on any atom is 0.297 e. The predicted molar refractivity (Wildman–Crippen MR) is 48.4 cm³/mol. The minimum Gasteiger partial charge on any atom is -0.439 e. The highest BCUT2D eigenvalue weighted by molar-refractivity contribution is 5.08.